The summed E-state index contributed by atoms with van der Waals surface area (Å²) < 4.78 is 27.3. The Morgan fingerprint density at radius 3 is 2.00 bits per heavy atom. The summed E-state index contributed by atoms with van der Waals surface area (Å²) in [5, 5.41) is 0. The lowest BCUT2D eigenvalue weighted by Crippen LogP contribution is -2.62. The highest BCUT2D eigenvalue weighted by atomic mass is 32.2. The summed E-state index contributed by atoms with van der Waals surface area (Å²) in [5.74, 6) is 0. The molecule has 2 aromatic carbocycles. The molecule has 6 heteroatoms. The minimum atomic E-state index is -3.33. The smallest absolute Gasteiger partial charge is 0.243 e. The van der Waals surface area contributed by atoms with Gasteiger partial charge >= 0.3 is 0 Å². The van der Waals surface area contributed by atoms with Crippen LogP contribution in [0.2, 0.25) is 0 Å². The maximum absolute atomic E-state index is 12.8. The molecule has 5 rings (SSSR count). The Kier molecular flexibility index (Phi) is 5.90. The molecule has 0 aromatic heterocycles. The topological polar surface area (TPSA) is 43.9 Å². The Morgan fingerprint density at radius 2 is 1.39 bits per heavy atom. The van der Waals surface area contributed by atoms with Gasteiger partial charge in [0.2, 0.25) is 10.0 Å². The highest BCUT2D eigenvalue weighted by molar-refractivity contribution is 7.89. The number of hydrogen-bond donors (Lipinski definition) is 0. The van der Waals surface area contributed by atoms with Crippen LogP contribution in [0.5, 0.6) is 0 Å². The Morgan fingerprint density at radius 1 is 0.806 bits per heavy atom. The predicted molar refractivity (Wildman–Crippen MR) is 123 cm³/mol. The van der Waals surface area contributed by atoms with Crippen molar-refractivity contribution in [2.75, 3.05) is 39.3 Å². The minimum absolute atomic E-state index is 0.201. The first-order chi connectivity index (χ1) is 15.0. The fourth-order valence-electron chi connectivity index (χ4n) is 5.58. The summed E-state index contributed by atoms with van der Waals surface area (Å²) in [7, 11) is -3.33. The van der Waals surface area contributed by atoms with E-state index in [4.69, 9.17) is 0 Å². The maximum atomic E-state index is 12.8. The highest BCUT2D eigenvalue weighted by Crippen LogP contribution is 2.43. The van der Waals surface area contributed by atoms with Gasteiger partial charge in [-0.2, -0.15) is 4.31 Å². The molecule has 2 aromatic rings. The first-order valence-corrected chi connectivity index (χ1v) is 13.0. The van der Waals surface area contributed by atoms with Gasteiger partial charge in [0.1, 0.15) is 0 Å². The van der Waals surface area contributed by atoms with Gasteiger partial charge in [0.25, 0.3) is 0 Å². The predicted octanol–water partition coefficient (Wildman–Crippen LogP) is 3.44. The van der Waals surface area contributed by atoms with Gasteiger partial charge in [0.05, 0.1) is 4.90 Å². The molecule has 0 aliphatic carbocycles. The van der Waals surface area contributed by atoms with Gasteiger partial charge in [-0.25, -0.2) is 8.42 Å². The molecule has 1 spiro atoms. The second-order valence-corrected chi connectivity index (χ2v) is 11.6. The van der Waals surface area contributed by atoms with Crippen LogP contribution in [-0.4, -0.2) is 67.8 Å². The van der Waals surface area contributed by atoms with E-state index in [9.17, 15) is 8.42 Å². The molecular weight excluding hydrogens is 406 g/mol. The van der Waals surface area contributed by atoms with Gasteiger partial charge in [-0.15, -0.1) is 0 Å². The molecule has 3 saturated heterocycles. The number of benzene rings is 2. The zero-order valence-corrected chi connectivity index (χ0v) is 19.0. The van der Waals surface area contributed by atoms with Crippen molar-refractivity contribution in [1.82, 2.24) is 14.1 Å². The first-order valence-electron chi connectivity index (χ1n) is 11.6. The number of sulfonamides is 1. The maximum Gasteiger partial charge on any atom is 0.243 e. The van der Waals surface area contributed by atoms with E-state index in [2.05, 4.69) is 40.1 Å². The van der Waals surface area contributed by atoms with Crippen LogP contribution in [0.3, 0.4) is 0 Å². The lowest BCUT2D eigenvalue weighted by Gasteiger charge is -2.54. The Bertz CT molecular complexity index is 956. The third-order valence-electron chi connectivity index (χ3n) is 7.59. The average molecular weight is 440 g/mol. The molecule has 0 N–H and O–H groups in total. The fraction of sp³-hybridized carbons (Fsp3) is 0.520. The fourth-order valence-corrected chi connectivity index (χ4v) is 7.26. The van der Waals surface area contributed by atoms with E-state index < -0.39 is 10.0 Å². The van der Waals surface area contributed by atoms with E-state index in [1.165, 1.54) is 31.5 Å². The van der Waals surface area contributed by atoms with Crippen molar-refractivity contribution in [2.24, 2.45) is 5.41 Å². The van der Waals surface area contributed by atoms with Crippen molar-refractivity contribution in [2.45, 2.75) is 43.2 Å². The molecule has 166 valence electrons. The van der Waals surface area contributed by atoms with E-state index in [0.29, 0.717) is 24.0 Å². The molecule has 0 bridgehead atoms. The molecule has 0 atom stereocenters. The average Bonchev–Trinajstić information content (AvgIpc) is 2.79. The lowest BCUT2D eigenvalue weighted by atomic mass is 9.73. The van der Waals surface area contributed by atoms with Crippen LogP contribution in [-0.2, 0) is 16.6 Å². The SMILES string of the molecule is O=S(=O)(c1ccccc1)N1CC2(CCN(C3CCN(Cc4ccccc4)CC3)CC2)C1. The summed E-state index contributed by atoms with van der Waals surface area (Å²) in [6.07, 6.45) is 4.73. The summed E-state index contributed by atoms with van der Waals surface area (Å²) in [4.78, 5) is 5.68. The zero-order chi connectivity index (χ0) is 21.3. The van der Waals surface area contributed by atoms with Crippen molar-refractivity contribution < 1.29 is 8.42 Å². The van der Waals surface area contributed by atoms with Gasteiger partial charge in [0.15, 0.2) is 0 Å². The van der Waals surface area contributed by atoms with Gasteiger partial charge in [-0.05, 0) is 69.6 Å². The molecule has 0 saturated carbocycles. The Hall–Kier alpha value is -1.73. The van der Waals surface area contributed by atoms with Crippen molar-refractivity contribution in [3.63, 3.8) is 0 Å². The second kappa shape index (κ2) is 8.66. The number of piperidine rings is 2. The molecule has 0 amide bonds. The molecule has 3 fully saturated rings. The van der Waals surface area contributed by atoms with E-state index in [1.807, 2.05) is 6.07 Å². The highest BCUT2D eigenvalue weighted by Gasteiger charge is 2.50. The minimum Gasteiger partial charge on any atom is -0.300 e. The van der Waals surface area contributed by atoms with Gasteiger partial charge in [-0.3, -0.25) is 4.90 Å². The van der Waals surface area contributed by atoms with Crippen LogP contribution in [0.1, 0.15) is 31.2 Å². The van der Waals surface area contributed by atoms with Gasteiger partial charge in [0, 0.05) is 31.1 Å². The molecular formula is C25H33N3O2S. The van der Waals surface area contributed by atoms with E-state index in [1.54, 1.807) is 28.6 Å². The molecule has 3 aliphatic rings. The quantitative estimate of drug-likeness (QED) is 0.716. The lowest BCUT2D eigenvalue weighted by molar-refractivity contribution is -0.0206. The number of likely N-dealkylation sites (tertiary alicyclic amines) is 2. The molecule has 0 unspecified atom stereocenters. The largest absolute Gasteiger partial charge is 0.300 e. The molecule has 0 radical (unpaired) electrons. The third-order valence-corrected chi connectivity index (χ3v) is 9.39. The van der Waals surface area contributed by atoms with E-state index >= 15 is 0 Å². The van der Waals surface area contributed by atoms with Gasteiger partial charge in [-0.1, -0.05) is 48.5 Å². The van der Waals surface area contributed by atoms with Crippen molar-refractivity contribution >= 4 is 10.0 Å². The molecule has 5 nitrogen and oxygen atoms in total. The number of nitrogens with zero attached hydrogens (tertiary/aromatic N) is 3. The Balaban J connectivity index is 1.09. The van der Waals surface area contributed by atoms with Crippen molar-refractivity contribution in [3.05, 3.63) is 66.2 Å². The second-order valence-electron chi connectivity index (χ2n) is 9.62. The van der Waals surface area contributed by atoms with Crippen molar-refractivity contribution in [3.8, 4) is 0 Å². The normalized spacial score (nSPS) is 23.6. The Labute approximate surface area is 186 Å². The molecule has 31 heavy (non-hydrogen) atoms. The standard InChI is InChI=1S/C25H33N3O2S/c29-31(30,24-9-5-2-6-10-24)28-20-25(21-28)13-17-27(18-14-25)23-11-15-26(16-12-23)19-22-7-3-1-4-8-22/h1-10,23H,11-21H2. The third kappa shape index (κ3) is 4.44. The van der Waals surface area contributed by atoms with Crippen LogP contribution < -0.4 is 0 Å². The van der Waals surface area contributed by atoms with E-state index in [-0.39, 0.29) is 5.41 Å². The zero-order valence-electron chi connectivity index (χ0n) is 18.2. The van der Waals surface area contributed by atoms with Crippen molar-refractivity contribution in [1.29, 1.82) is 0 Å². The summed E-state index contributed by atoms with van der Waals surface area (Å²) >= 11 is 0. The van der Waals surface area contributed by atoms with Crippen LogP contribution >= 0.6 is 0 Å². The van der Waals surface area contributed by atoms with E-state index in [0.717, 1.165) is 32.5 Å². The van der Waals surface area contributed by atoms with Crippen LogP contribution in [0.4, 0.5) is 0 Å². The molecule has 3 heterocycles. The van der Waals surface area contributed by atoms with Crippen LogP contribution in [0.25, 0.3) is 0 Å². The molecule has 3 aliphatic heterocycles. The van der Waals surface area contributed by atoms with Crippen LogP contribution in [0.15, 0.2) is 65.6 Å². The monoisotopic (exact) mass is 439 g/mol. The summed E-state index contributed by atoms with van der Waals surface area (Å²) in [6.45, 7) is 7.00. The van der Waals surface area contributed by atoms with Crippen LogP contribution in [0, 0.1) is 5.41 Å². The first kappa shape index (κ1) is 21.1. The summed E-state index contributed by atoms with van der Waals surface area (Å²) in [6, 6.07) is 20.3. The summed E-state index contributed by atoms with van der Waals surface area (Å²) in [5.41, 5.74) is 1.60. The number of rotatable bonds is 5. The number of hydrogen-bond acceptors (Lipinski definition) is 4. The van der Waals surface area contributed by atoms with Gasteiger partial charge < -0.3 is 4.90 Å².